The minimum absolute atomic E-state index is 0.201. The Morgan fingerprint density at radius 2 is 2.00 bits per heavy atom. The van der Waals surface area contributed by atoms with Gasteiger partial charge in [0.15, 0.2) is 0 Å². The van der Waals surface area contributed by atoms with E-state index in [1.807, 2.05) is 30.5 Å². The number of nitriles is 1. The molecule has 4 aromatic rings. The van der Waals surface area contributed by atoms with E-state index >= 15 is 0 Å². The molecule has 10 nitrogen and oxygen atoms in total. The van der Waals surface area contributed by atoms with Gasteiger partial charge in [0.05, 0.1) is 25.4 Å². The number of aromatic nitrogens is 4. The predicted molar refractivity (Wildman–Crippen MR) is 130 cm³/mol. The smallest absolute Gasteiger partial charge is 0.265 e. The fourth-order valence-electron chi connectivity index (χ4n) is 3.27. The quantitative estimate of drug-likeness (QED) is 0.294. The molecule has 0 saturated carbocycles. The number of carbonyl (C=O) groups excluding carboxylic acids is 1. The average molecular weight is 467 g/mol. The van der Waals surface area contributed by atoms with Gasteiger partial charge in [-0.3, -0.25) is 9.48 Å². The number of methoxy groups -OCH3 is 1. The molecule has 174 valence electrons. The first-order valence-electron chi connectivity index (χ1n) is 10.4. The maximum Gasteiger partial charge on any atom is 0.265 e. The number of nitrogens with two attached hydrogens (primary N) is 1. The van der Waals surface area contributed by atoms with Crippen LogP contribution in [-0.4, -0.2) is 32.8 Å². The predicted octanol–water partition coefficient (Wildman–Crippen LogP) is 3.79. The molecule has 0 aliphatic rings. The minimum Gasteiger partial charge on any atom is -0.497 e. The van der Waals surface area contributed by atoms with Crippen molar-refractivity contribution >= 4 is 17.4 Å². The van der Waals surface area contributed by atoms with E-state index in [0.717, 1.165) is 11.3 Å². The van der Waals surface area contributed by atoms with Gasteiger partial charge in [0.25, 0.3) is 5.91 Å². The van der Waals surface area contributed by atoms with Crippen LogP contribution in [0.5, 0.6) is 17.4 Å². The second kappa shape index (κ2) is 10.2. The SMILES string of the molecule is C=C(C#N)C(=O)Nc1cccc(Oc2ncnc(N)c2-c2cnn(Cc3cccc(OC)c3)c2)c1. The van der Waals surface area contributed by atoms with Crippen LogP contribution in [0.2, 0.25) is 0 Å². The van der Waals surface area contributed by atoms with Crippen LogP contribution in [0.1, 0.15) is 5.56 Å². The van der Waals surface area contributed by atoms with Crippen molar-refractivity contribution in [2.75, 3.05) is 18.2 Å². The summed E-state index contributed by atoms with van der Waals surface area (Å²) in [6.45, 7) is 3.93. The summed E-state index contributed by atoms with van der Waals surface area (Å²) < 4.78 is 13.0. The van der Waals surface area contributed by atoms with Crippen molar-refractivity contribution in [2.45, 2.75) is 6.54 Å². The third kappa shape index (κ3) is 5.43. The molecular formula is C25H21N7O3. The molecule has 2 heterocycles. The molecule has 0 spiro atoms. The Hall–Kier alpha value is -5.17. The topological polar surface area (TPSA) is 141 Å². The van der Waals surface area contributed by atoms with Gasteiger partial charge < -0.3 is 20.5 Å². The lowest BCUT2D eigenvalue weighted by Crippen LogP contribution is -2.12. The molecule has 0 aliphatic heterocycles. The first kappa shape index (κ1) is 23.0. The van der Waals surface area contributed by atoms with Crippen LogP contribution in [0.3, 0.4) is 0 Å². The molecule has 35 heavy (non-hydrogen) atoms. The summed E-state index contributed by atoms with van der Waals surface area (Å²) in [5.74, 6) is 1.02. The second-order valence-corrected chi connectivity index (χ2v) is 7.39. The van der Waals surface area contributed by atoms with Crippen molar-refractivity contribution in [1.82, 2.24) is 19.7 Å². The number of anilines is 2. The molecule has 10 heteroatoms. The van der Waals surface area contributed by atoms with E-state index in [-0.39, 0.29) is 17.3 Å². The van der Waals surface area contributed by atoms with Gasteiger partial charge in [0.2, 0.25) is 5.88 Å². The number of hydrogen-bond donors (Lipinski definition) is 2. The van der Waals surface area contributed by atoms with Crippen molar-refractivity contribution in [3.05, 3.63) is 85.0 Å². The maximum atomic E-state index is 11.9. The standard InChI is InChI=1S/C25H21N7O3/c1-16(11-26)24(33)31-19-6-4-8-21(10-19)35-25-22(23(27)28-15-29-25)18-12-30-32(14-18)13-17-5-3-7-20(9-17)34-2/h3-10,12,14-15H,1,13H2,2H3,(H,31,33)(H2,27,28,29). The van der Waals surface area contributed by atoms with Crippen molar-refractivity contribution in [1.29, 1.82) is 5.26 Å². The summed E-state index contributed by atoms with van der Waals surface area (Å²) in [5, 5.41) is 15.9. The van der Waals surface area contributed by atoms with Crippen molar-refractivity contribution in [2.24, 2.45) is 0 Å². The molecule has 0 radical (unpaired) electrons. The average Bonchev–Trinajstić information content (AvgIpc) is 3.31. The monoisotopic (exact) mass is 467 g/mol. The highest BCUT2D eigenvalue weighted by Gasteiger charge is 2.17. The highest BCUT2D eigenvalue weighted by molar-refractivity contribution is 6.06. The third-order valence-corrected chi connectivity index (χ3v) is 4.96. The van der Waals surface area contributed by atoms with Crippen LogP contribution in [0.25, 0.3) is 11.1 Å². The molecule has 3 N–H and O–H groups in total. The Kier molecular flexibility index (Phi) is 6.69. The molecule has 2 aromatic carbocycles. The van der Waals surface area contributed by atoms with Crippen molar-refractivity contribution < 1.29 is 14.3 Å². The van der Waals surface area contributed by atoms with Crippen LogP contribution in [-0.2, 0) is 11.3 Å². The number of nitrogens with one attached hydrogen (secondary N) is 1. The molecule has 4 rings (SSSR count). The molecule has 0 bridgehead atoms. The van der Waals surface area contributed by atoms with Gasteiger partial charge in [-0.25, -0.2) is 9.97 Å². The largest absolute Gasteiger partial charge is 0.497 e. The Labute approximate surface area is 201 Å². The van der Waals surface area contributed by atoms with Crippen LogP contribution < -0.4 is 20.5 Å². The Morgan fingerprint density at radius 3 is 2.80 bits per heavy atom. The highest BCUT2D eigenvalue weighted by Crippen LogP contribution is 2.35. The van der Waals surface area contributed by atoms with E-state index in [1.54, 1.807) is 48.3 Å². The Morgan fingerprint density at radius 1 is 1.20 bits per heavy atom. The van der Waals surface area contributed by atoms with Crippen molar-refractivity contribution in [3.8, 4) is 34.6 Å². The number of carbonyl (C=O) groups is 1. The Bertz CT molecular complexity index is 1440. The highest BCUT2D eigenvalue weighted by atomic mass is 16.5. The van der Waals surface area contributed by atoms with E-state index in [9.17, 15) is 4.79 Å². The summed E-state index contributed by atoms with van der Waals surface area (Å²) in [6, 6.07) is 16.1. The molecule has 2 aromatic heterocycles. The van der Waals surface area contributed by atoms with Gasteiger partial charge in [-0.2, -0.15) is 10.4 Å². The van der Waals surface area contributed by atoms with Gasteiger partial charge in [-0.15, -0.1) is 0 Å². The lowest BCUT2D eigenvalue weighted by atomic mass is 10.1. The summed E-state index contributed by atoms with van der Waals surface area (Å²) in [5.41, 5.74) is 8.58. The molecule has 0 fully saturated rings. The fourth-order valence-corrected chi connectivity index (χ4v) is 3.27. The molecule has 0 atom stereocenters. The summed E-state index contributed by atoms with van der Waals surface area (Å²) in [4.78, 5) is 20.3. The van der Waals surface area contributed by atoms with E-state index < -0.39 is 5.91 Å². The zero-order valence-corrected chi connectivity index (χ0v) is 18.8. The maximum absolute atomic E-state index is 11.9. The molecule has 0 unspecified atom stereocenters. The fraction of sp³-hybridized carbons (Fsp3) is 0.0800. The normalized spacial score (nSPS) is 10.3. The minimum atomic E-state index is -0.597. The number of hydrogen-bond acceptors (Lipinski definition) is 8. The third-order valence-electron chi connectivity index (χ3n) is 4.96. The van der Waals surface area contributed by atoms with E-state index in [0.29, 0.717) is 29.1 Å². The van der Waals surface area contributed by atoms with E-state index in [4.69, 9.17) is 20.5 Å². The zero-order valence-electron chi connectivity index (χ0n) is 18.8. The van der Waals surface area contributed by atoms with Crippen LogP contribution in [0.4, 0.5) is 11.5 Å². The van der Waals surface area contributed by atoms with Crippen LogP contribution >= 0.6 is 0 Å². The molecule has 0 aliphatic carbocycles. The first-order valence-corrected chi connectivity index (χ1v) is 10.4. The number of benzene rings is 2. The molecular weight excluding hydrogens is 446 g/mol. The van der Waals surface area contributed by atoms with Gasteiger partial charge in [0, 0.05) is 23.5 Å². The van der Waals surface area contributed by atoms with Crippen molar-refractivity contribution in [3.63, 3.8) is 0 Å². The summed E-state index contributed by atoms with van der Waals surface area (Å²) in [7, 11) is 1.62. The van der Waals surface area contributed by atoms with Gasteiger partial charge >= 0.3 is 0 Å². The second-order valence-electron chi connectivity index (χ2n) is 7.39. The van der Waals surface area contributed by atoms with Gasteiger partial charge in [-0.05, 0) is 29.8 Å². The van der Waals surface area contributed by atoms with Crippen LogP contribution in [0.15, 0.2) is 79.4 Å². The number of ether oxygens (including phenoxy) is 2. The van der Waals surface area contributed by atoms with Gasteiger partial charge in [-0.1, -0.05) is 24.8 Å². The van der Waals surface area contributed by atoms with Crippen LogP contribution in [0, 0.1) is 11.3 Å². The number of rotatable bonds is 8. The summed E-state index contributed by atoms with van der Waals surface area (Å²) >= 11 is 0. The zero-order chi connectivity index (χ0) is 24.8. The number of amides is 1. The number of nitrogens with zero attached hydrogens (tertiary/aromatic N) is 5. The Balaban J connectivity index is 1.58. The summed E-state index contributed by atoms with van der Waals surface area (Å²) in [6.07, 6.45) is 4.79. The lowest BCUT2D eigenvalue weighted by Gasteiger charge is -2.11. The molecule has 1 amide bonds. The van der Waals surface area contributed by atoms with E-state index in [1.165, 1.54) is 6.33 Å². The molecule has 0 saturated heterocycles. The lowest BCUT2D eigenvalue weighted by molar-refractivity contribution is -0.112. The van der Waals surface area contributed by atoms with Gasteiger partial charge in [0.1, 0.15) is 35.3 Å². The first-order chi connectivity index (χ1) is 17.0. The van der Waals surface area contributed by atoms with E-state index in [2.05, 4.69) is 27.0 Å². The number of nitrogen functional groups attached to an aromatic ring is 1.